The van der Waals surface area contributed by atoms with Crippen molar-refractivity contribution in [3.63, 3.8) is 0 Å². The Kier molecular flexibility index (Phi) is 8.51. The van der Waals surface area contributed by atoms with Crippen LogP contribution >= 0.6 is 0 Å². The summed E-state index contributed by atoms with van der Waals surface area (Å²) < 4.78 is 5.11. The van der Waals surface area contributed by atoms with Crippen molar-refractivity contribution in [2.75, 3.05) is 6.61 Å². The molecule has 0 bridgehead atoms. The fraction of sp³-hybridized carbons (Fsp3) is 0.867. The van der Waals surface area contributed by atoms with Gasteiger partial charge in [-0.2, -0.15) is 0 Å². The molecule has 1 heteroatoms. The van der Waals surface area contributed by atoms with Crippen LogP contribution in [0.5, 0.6) is 0 Å². The van der Waals surface area contributed by atoms with Gasteiger partial charge in [0.05, 0.1) is 12.7 Å². The van der Waals surface area contributed by atoms with E-state index in [1.165, 1.54) is 64.2 Å². The lowest BCUT2D eigenvalue weighted by Gasteiger charge is -2.00. The maximum absolute atomic E-state index is 5.11. The van der Waals surface area contributed by atoms with Crippen LogP contribution in [0.4, 0.5) is 0 Å². The van der Waals surface area contributed by atoms with E-state index in [0.29, 0.717) is 6.10 Å². The van der Waals surface area contributed by atoms with Gasteiger partial charge >= 0.3 is 0 Å². The summed E-state index contributed by atoms with van der Waals surface area (Å²) in [5.74, 6) is 0. The standard InChI is InChI=1S/C15H28O/c1-2-3-4-5-6-7-8-9-10-11-12-13-15-14-16-15/h12-13,15H,2-11,14H2,1H3. The quantitative estimate of drug-likeness (QED) is 0.277. The number of ether oxygens (including phenoxy) is 1. The second kappa shape index (κ2) is 9.89. The molecule has 1 nitrogen and oxygen atoms in total. The highest BCUT2D eigenvalue weighted by Gasteiger charge is 2.17. The summed E-state index contributed by atoms with van der Waals surface area (Å²) >= 11 is 0. The van der Waals surface area contributed by atoms with E-state index in [2.05, 4.69) is 19.1 Å². The smallest absolute Gasteiger partial charge is 0.0991 e. The van der Waals surface area contributed by atoms with E-state index in [4.69, 9.17) is 4.74 Å². The Hall–Kier alpha value is -0.300. The minimum absolute atomic E-state index is 0.471. The Morgan fingerprint density at radius 2 is 1.50 bits per heavy atom. The first-order valence-corrected chi connectivity index (χ1v) is 7.21. The molecule has 1 rings (SSSR count). The molecule has 0 aromatic rings. The average molecular weight is 224 g/mol. The molecule has 1 unspecified atom stereocenters. The average Bonchev–Trinajstić information content (AvgIpc) is 3.10. The first kappa shape index (κ1) is 13.8. The third-order valence-corrected chi connectivity index (χ3v) is 3.18. The van der Waals surface area contributed by atoms with E-state index in [-0.39, 0.29) is 0 Å². The molecule has 94 valence electrons. The lowest BCUT2D eigenvalue weighted by atomic mass is 10.1. The predicted octanol–water partition coefficient (Wildman–Crippen LogP) is 4.86. The lowest BCUT2D eigenvalue weighted by molar-refractivity contribution is 0.439. The number of hydrogen-bond donors (Lipinski definition) is 0. The van der Waals surface area contributed by atoms with Gasteiger partial charge in [-0.1, -0.05) is 70.4 Å². The van der Waals surface area contributed by atoms with Crippen molar-refractivity contribution in [1.29, 1.82) is 0 Å². The summed E-state index contributed by atoms with van der Waals surface area (Å²) in [5.41, 5.74) is 0. The molecule has 1 saturated heterocycles. The largest absolute Gasteiger partial charge is 0.369 e. The van der Waals surface area contributed by atoms with E-state index in [1.54, 1.807) is 0 Å². The van der Waals surface area contributed by atoms with Crippen LogP contribution in [0.25, 0.3) is 0 Å². The van der Waals surface area contributed by atoms with Crippen molar-refractivity contribution in [2.45, 2.75) is 77.2 Å². The molecular weight excluding hydrogens is 196 g/mol. The highest BCUT2D eigenvalue weighted by molar-refractivity contribution is 4.95. The SMILES string of the molecule is CCCCCCCCCCCC=CC1CO1. The summed E-state index contributed by atoms with van der Waals surface area (Å²) in [6.45, 7) is 3.23. The minimum atomic E-state index is 0.471. The third-order valence-electron chi connectivity index (χ3n) is 3.18. The van der Waals surface area contributed by atoms with Gasteiger partial charge in [0.1, 0.15) is 0 Å². The third kappa shape index (κ3) is 8.96. The summed E-state index contributed by atoms with van der Waals surface area (Å²) in [6.07, 6.45) is 19.0. The highest BCUT2D eigenvalue weighted by atomic mass is 16.6. The van der Waals surface area contributed by atoms with Crippen molar-refractivity contribution < 1.29 is 4.74 Å². The molecule has 0 aromatic carbocycles. The van der Waals surface area contributed by atoms with Crippen LogP contribution in [0.15, 0.2) is 12.2 Å². The molecule has 0 amide bonds. The Morgan fingerprint density at radius 3 is 2.06 bits per heavy atom. The van der Waals surface area contributed by atoms with Gasteiger partial charge in [-0.05, 0) is 12.8 Å². The normalized spacial score (nSPS) is 19.4. The van der Waals surface area contributed by atoms with Crippen molar-refractivity contribution >= 4 is 0 Å². The van der Waals surface area contributed by atoms with Gasteiger partial charge in [0, 0.05) is 0 Å². The van der Waals surface area contributed by atoms with E-state index in [1.807, 2.05) is 0 Å². The van der Waals surface area contributed by atoms with Crippen molar-refractivity contribution in [3.8, 4) is 0 Å². The monoisotopic (exact) mass is 224 g/mol. The maximum Gasteiger partial charge on any atom is 0.0991 e. The zero-order valence-corrected chi connectivity index (χ0v) is 10.9. The second-order valence-corrected chi connectivity index (χ2v) is 4.92. The minimum Gasteiger partial charge on any atom is -0.369 e. The molecule has 1 aliphatic heterocycles. The summed E-state index contributed by atoms with van der Waals surface area (Å²) in [6, 6.07) is 0. The maximum atomic E-state index is 5.11. The molecule has 0 N–H and O–H groups in total. The van der Waals surface area contributed by atoms with Gasteiger partial charge in [-0.3, -0.25) is 0 Å². The Balaban J connectivity index is 1.67. The highest BCUT2D eigenvalue weighted by Crippen LogP contribution is 2.13. The number of rotatable bonds is 11. The molecule has 0 aliphatic carbocycles. The van der Waals surface area contributed by atoms with E-state index in [9.17, 15) is 0 Å². The zero-order valence-electron chi connectivity index (χ0n) is 10.9. The molecule has 16 heavy (non-hydrogen) atoms. The molecule has 1 aliphatic rings. The van der Waals surface area contributed by atoms with Gasteiger partial charge in [0.25, 0.3) is 0 Å². The van der Waals surface area contributed by atoms with Crippen molar-refractivity contribution in [1.82, 2.24) is 0 Å². The van der Waals surface area contributed by atoms with Gasteiger partial charge in [-0.15, -0.1) is 0 Å². The molecule has 1 heterocycles. The van der Waals surface area contributed by atoms with Crippen molar-refractivity contribution in [2.24, 2.45) is 0 Å². The van der Waals surface area contributed by atoms with Gasteiger partial charge in [-0.25, -0.2) is 0 Å². The fourth-order valence-electron chi connectivity index (χ4n) is 1.99. The Labute approximate surface area is 101 Å². The van der Waals surface area contributed by atoms with Crippen LogP contribution in [0.3, 0.4) is 0 Å². The van der Waals surface area contributed by atoms with Crippen LogP contribution in [0.1, 0.15) is 71.1 Å². The first-order valence-electron chi connectivity index (χ1n) is 7.21. The number of hydrogen-bond acceptors (Lipinski definition) is 1. The van der Waals surface area contributed by atoms with E-state index >= 15 is 0 Å². The zero-order chi connectivity index (χ0) is 11.5. The second-order valence-electron chi connectivity index (χ2n) is 4.92. The first-order chi connectivity index (χ1) is 7.93. The topological polar surface area (TPSA) is 12.5 Å². The molecule has 0 saturated carbocycles. The van der Waals surface area contributed by atoms with E-state index in [0.717, 1.165) is 6.61 Å². The van der Waals surface area contributed by atoms with Crippen LogP contribution in [-0.4, -0.2) is 12.7 Å². The molecule has 1 atom stereocenters. The molecule has 0 spiro atoms. The Bertz CT molecular complexity index is 170. The number of unbranched alkanes of at least 4 members (excludes halogenated alkanes) is 9. The van der Waals surface area contributed by atoms with Crippen LogP contribution in [0, 0.1) is 0 Å². The summed E-state index contributed by atoms with van der Waals surface area (Å²) in [7, 11) is 0. The number of epoxide rings is 1. The van der Waals surface area contributed by atoms with Crippen LogP contribution in [-0.2, 0) is 4.74 Å². The van der Waals surface area contributed by atoms with Crippen molar-refractivity contribution in [3.05, 3.63) is 12.2 Å². The van der Waals surface area contributed by atoms with Gasteiger partial charge in [0.15, 0.2) is 0 Å². The Morgan fingerprint density at radius 1 is 0.938 bits per heavy atom. The number of allylic oxidation sites excluding steroid dienone is 1. The predicted molar refractivity (Wildman–Crippen MR) is 70.7 cm³/mol. The van der Waals surface area contributed by atoms with Gasteiger partial charge in [0.2, 0.25) is 0 Å². The molecule has 1 fully saturated rings. The summed E-state index contributed by atoms with van der Waals surface area (Å²) in [5, 5.41) is 0. The molecule has 0 radical (unpaired) electrons. The van der Waals surface area contributed by atoms with Crippen LogP contribution in [0.2, 0.25) is 0 Å². The lowest BCUT2D eigenvalue weighted by Crippen LogP contribution is -1.81. The summed E-state index contributed by atoms with van der Waals surface area (Å²) in [4.78, 5) is 0. The van der Waals surface area contributed by atoms with Crippen LogP contribution < -0.4 is 0 Å². The fourth-order valence-corrected chi connectivity index (χ4v) is 1.99. The van der Waals surface area contributed by atoms with Gasteiger partial charge < -0.3 is 4.74 Å². The molecular formula is C15H28O. The van der Waals surface area contributed by atoms with E-state index < -0.39 is 0 Å². The molecule has 0 aromatic heterocycles.